The summed E-state index contributed by atoms with van der Waals surface area (Å²) in [5, 5.41) is -0.386. The minimum absolute atomic E-state index is 0.253. The van der Waals surface area contributed by atoms with Gasteiger partial charge in [0.05, 0.1) is 18.5 Å². The highest BCUT2D eigenvalue weighted by atomic mass is 32.2. The van der Waals surface area contributed by atoms with Gasteiger partial charge in [-0.15, -0.1) is 0 Å². The highest BCUT2D eigenvalue weighted by Gasteiger charge is 2.56. The molecule has 128 valence electrons. The molecule has 1 spiro atoms. The van der Waals surface area contributed by atoms with Crippen LogP contribution in [0.15, 0.2) is 24.5 Å². The molecule has 23 heavy (non-hydrogen) atoms. The van der Waals surface area contributed by atoms with Crippen molar-refractivity contribution in [3.05, 3.63) is 30.1 Å². The zero-order valence-electron chi connectivity index (χ0n) is 13.6. The topological polar surface area (TPSA) is 68.7 Å². The van der Waals surface area contributed by atoms with Gasteiger partial charge in [0, 0.05) is 38.0 Å². The van der Waals surface area contributed by atoms with Crippen LogP contribution in [0.5, 0.6) is 0 Å². The normalized spacial score (nSPS) is 24.2. The molecule has 2 saturated heterocycles. The van der Waals surface area contributed by atoms with Crippen LogP contribution in [0.25, 0.3) is 0 Å². The molecular weight excluding hydrogens is 316 g/mol. The number of ether oxygens (including phenoxy) is 2. The monoisotopic (exact) mass is 340 g/mol. The van der Waals surface area contributed by atoms with Crippen LogP contribution in [-0.2, 0) is 26.1 Å². The maximum Gasteiger partial charge on any atom is 0.216 e. The van der Waals surface area contributed by atoms with Crippen LogP contribution in [0.1, 0.15) is 25.8 Å². The second-order valence-corrected chi connectivity index (χ2v) is 9.12. The van der Waals surface area contributed by atoms with E-state index in [0.717, 1.165) is 12.0 Å². The number of hydrogen-bond acceptors (Lipinski definition) is 5. The Kier molecular flexibility index (Phi) is 4.73. The van der Waals surface area contributed by atoms with Crippen molar-refractivity contribution in [2.24, 2.45) is 5.92 Å². The van der Waals surface area contributed by atoms with Crippen molar-refractivity contribution in [1.82, 2.24) is 9.29 Å². The molecule has 1 aromatic rings. The Morgan fingerprint density at radius 3 is 2.74 bits per heavy atom. The molecule has 3 rings (SSSR count). The van der Waals surface area contributed by atoms with Crippen LogP contribution >= 0.6 is 0 Å². The lowest BCUT2D eigenvalue weighted by atomic mass is 9.83. The van der Waals surface area contributed by atoms with E-state index in [2.05, 4.69) is 4.98 Å². The van der Waals surface area contributed by atoms with Crippen LogP contribution in [0.4, 0.5) is 0 Å². The average Bonchev–Trinajstić information content (AvgIpc) is 2.90. The fourth-order valence-corrected chi connectivity index (χ4v) is 4.59. The lowest BCUT2D eigenvalue weighted by Crippen LogP contribution is -2.67. The molecule has 0 aromatic carbocycles. The van der Waals surface area contributed by atoms with E-state index in [0.29, 0.717) is 32.9 Å². The Balaban J connectivity index is 1.53. The third-order valence-corrected chi connectivity index (χ3v) is 6.95. The fourth-order valence-electron chi connectivity index (χ4n) is 3.20. The third-order valence-electron chi connectivity index (χ3n) is 4.78. The molecule has 1 atom stereocenters. The van der Waals surface area contributed by atoms with Crippen LogP contribution in [0.2, 0.25) is 0 Å². The molecule has 0 aliphatic carbocycles. The van der Waals surface area contributed by atoms with Crippen molar-refractivity contribution >= 4 is 10.0 Å². The minimum Gasteiger partial charge on any atom is -0.376 e. The molecule has 0 radical (unpaired) electrons. The SMILES string of the molecule is CC(C)S(=O)(=O)N1CC2(C1)OCC[C@H]2COCc1ccncc1. The van der Waals surface area contributed by atoms with E-state index in [1.807, 2.05) is 12.1 Å². The van der Waals surface area contributed by atoms with Gasteiger partial charge < -0.3 is 9.47 Å². The summed E-state index contributed by atoms with van der Waals surface area (Å²) in [7, 11) is -3.18. The van der Waals surface area contributed by atoms with Gasteiger partial charge in [-0.1, -0.05) is 0 Å². The molecule has 3 heterocycles. The maximum absolute atomic E-state index is 12.2. The second kappa shape index (κ2) is 6.47. The number of hydrogen-bond donors (Lipinski definition) is 0. The lowest BCUT2D eigenvalue weighted by molar-refractivity contribution is -0.115. The molecule has 0 saturated carbocycles. The first-order valence-corrected chi connectivity index (χ1v) is 9.54. The van der Waals surface area contributed by atoms with Gasteiger partial charge in [0.15, 0.2) is 0 Å². The zero-order chi connectivity index (χ0) is 16.5. The molecule has 0 unspecified atom stereocenters. The largest absolute Gasteiger partial charge is 0.376 e. The number of nitrogens with zero attached hydrogens (tertiary/aromatic N) is 2. The lowest BCUT2D eigenvalue weighted by Gasteiger charge is -2.49. The van der Waals surface area contributed by atoms with E-state index in [-0.39, 0.29) is 16.8 Å². The maximum atomic E-state index is 12.2. The Bertz CT molecular complexity index is 627. The van der Waals surface area contributed by atoms with Gasteiger partial charge in [0.25, 0.3) is 0 Å². The predicted octanol–water partition coefficient (Wildman–Crippen LogP) is 1.43. The zero-order valence-corrected chi connectivity index (χ0v) is 14.5. The highest BCUT2D eigenvalue weighted by molar-refractivity contribution is 7.89. The Morgan fingerprint density at radius 2 is 2.09 bits per heavy atom. The van der Waals surface area contributed by atoms with E-state index in [1.165, 1.54) is 0 Å². The van der Waals surface area contributed by atoms with Gasteiger partial charge in [-0.3, -0.25) is 4.98 Å². The standard InChI is InChI=1S/C16H24N2O4S/c1-13(2)23(19,20)18-11-16(12-18)15(5-8-22-16)10-21-9-14-3-6-17-7-4-14/h3-4,6-7,13,15H,5,8-12H2,1-2H3/t15-/m0/s1. The van der Waals surface area contributed by atoms with Crippen molar-refractivity contribution < 1.29 is 17.9 Å². The van der Waals surface area contributed by atoms with Crippen LogP contribution < -0.4 is 0 Å². The molecule has 2 fully saturated rings. The summed E-state index contributed by atoms with van der Waals surface area (Å²) < 4.78 is 37.7. The highest BCUT2D eigenvalue weighted by Crippen LogP contribution is 2.41. The number of rotatable bonds is 6. The van der Waals surface area contributed by atoms with Gasteiger partial charge >= 0.3 is 0 Å². The third kappa shape index (κ3) is 3.28. The van der Waals surface area contributed by atoms with Crippen molar-refractivity contribution in [1.29, 1.82) is 0 Å². The summed E-state index contributed by atoms with van der Waals surface area (Å²) in [6.45, 7) is 6.16. The Morgan fingerprint density at radius 1 is 1.39 bits per heavy atom. The fraction of sp³-hybridized carbons (Fsp3) is 0.688. The summed E-state index contributed by atoms with van der Waals surface area (Å²) in [4.78, 5) is 3.98. The summed E-state index contributed by atoms with van der Waals surface area (Å²) >= 11 is 0. The first-order valence-electron chi connectivity index (χ1n) is 8.04. The summed E-state index contributed by atoms with van der Waals surface area (Å²) in [5.74, 6) is 0.253. The van der Waals surface area contributed by atoms with Gasteiger partial charge in [-0.2, -0.15) is 4.31 Å². The van der Waals surface area contributed by atoms with Crippen LogP contribution in [0, 0.1) is 5.92 Å². The molecule has 6 nitrogen and oxygen atoms in total. The summed E-state index contributed by atoms with van der Waals surface area (Å²) in [6.07, 6.45) is 4.42. The molecule has 1 aromatic heterocycles. The Labute approximate surface area is 137 Å². The predicted molar refractivity (Wildman–Crippen MR) is 86.3 cm³/mol. The number of sulfonamides is 1. The van der Waals surface area contributed by atoms with Gasteiger partial charge in [-0.05, 0) is 38.0 Å². The molecule has 0 N–H and O–H groups in total. The van der Waals surface area contributed by atoms with E-state index < -0.39 is 10.0 Å². The molecule has 7 heteroatoms. The van der Waals surface area contributed by atoms with E-state index in [1.54, 1.807) is 30.5 Å². The minimum atomic E-state index is -3.18. The number of pyridine rings is 1. The van der Waals surface area contributed by atoms with E-state index in [4.69, 9.17) is 9.47 Å². The van der Waals surface area contributed by atoms with Crippen molar-refractivity contribution in [2.45, 2.75) is 37.7 Å². The smallest absolute Gasteiger partial charge is 0.216 e. The van der Waals surface area contributed by atoms with E-state index >= 15 is 0 Å². The molecule has 2 aliphatic rings. The second-order valence-electron chi connectivity index (χ2n) is 6.63. The average molecular weight is 340 g/mol. The first kappa shape index (κ1) is 16.8. The first-order chi connectivity index (χ1) is 10.9. The number of aromatic nitrogens is 1. The van der Waals surface area contributed by atoms with Gasteiger partial charge in [-0.25, -0.2) is 8.42 Å². The summed E-state index contributed by atoms with van der Waals surface area (Å²) in [5.41, 5.74) is 0.741. The van der Waals surface area contributed by atoms with Gasteiger partial charge in [0.1, 0.15) is 5.60 Å². The van der Waals surface area contributed by atoms with E-state index in [9.17, 15) is 8.42 Å². The molecule has 2 aliphatic heterocycles. The summed E-state index contributed by atoms with van der Waals surface area (Å²) in [6, 6.07) is 3.86. The molecule has 0 amide bonds. The molecular formula is C16H24N2O4S. The molecule has 0 bridgehead atoms. The van der Waals surface area contributed by atoms with Gasteiger partial charge in [0.2, 0.25) is 10.0 Å². The van der Waals surface area contributed by atoms with Crippen molar-refractivity contribution in [2.75, 3.05) is 26.3 Å². The van der Waals surface area contributed by atoms with Crippen molar-refractivity contribution in [3.63, 3.8) is 0 Å². The van der Waals surface area contributed by atoms with Crippen molar-refractivity contribution in [3.8, 4) is 0 Å². The van der Waals surface area contributed by atoms with Crippen LogP contribution in [0.3, 0.4) is 0 Å². The quantitative estimate of drug-likeness (QED) is 0.783. The Hall–Kier alpha value is -1.02. The van der Waals surface area contributed by atoms with Crippen LogP contribution in [-0.4, -0.2) is 54.9 Å².